The SMILES string of the molecule is BC(CC(B)(B)C(=O)O)N(B)C(C)(C)CCCCC. The second-order valence-electron chi connectivity index (χ2n) is 7.12. The minimum Gasteiger partial charge on any atom is -0.482 e. The van der Waals surface area contributed by atoms with Crippen LogP contribution in [0.15, 0.2) is 0 Å². The van der Waals surface area contributed by atoms with Gasteiger partial charge in [0.05, 0.1) is 0 Å². The molecule has 0 aromatic heterocycles. The van der Waals surface area contributed by atoms with Crippen LogP contribution >= 0.6 is 0 Å². The number of carboxylic acid groups (broad SMARTS) is 1. The van der Waals surface area contributed by atoms with Crippen LogP contribution in [0.25, 0.3) is 0 Å². The first kappa shape index (κ1) is 18.7. The molecular weight excluding hydrogens is 233 g/mol. The third-order valence-corrected chi connectivity index (χ3v) is 4.39. The fraction of sp³-hybridized carbons (Fsp3) is 0.917. The van der Waals surface area contributed by atoms with Gasteiger partial charge < -0.3 is 9.92 Å². The number of carbonyl (C=O) groups is 1. The van der Waals surface area contributed by atoms with Crippen LogP contribution in [-0.4, -0.2) is 58.9 Å². The summed E-state index contributed by atoms with van der Waals surface area (Å²) >= 11 is 0. The Morgan fingerprint density at radius 2 is 1.84 bits per heavy atom. The van der Waals surface area contributed by atoms with Crippen molar-refractivity contribution in [1.29, 1.82) is 0 Å². The van der Waals surface area contributed by atoms with E-state index in [-0.39, 0.29) is 11.5 Å². The van der Waals surface area contributed by atoms with E-state index in [4.69, 9.17) is 0 Å². The van der Waals surface area contributed by atoms with Gasteiger partial charge in [-0.3, -0.25) is 4.79 Å². The van der Waals surface area contributed by atoms with Crippen LogP contribution in [0.4, 0.5) is 0 Å². The quantitative estimate of drug-likeness (QED) is 0.429. The predicted octanol–water partition coefficient (Wildman–Crippen LogP) is -0.988. The Morgan fingerprint density at radius 3 is 2.26 bits per heavy atom. The van der Waals surface area contributed by atoms with E-state index in [9.17, 15) is 9.90 Å². The highest BCUT2D eigenvalue weighted by molar-refractivity contribution is 6.50. The van der Waals surface area contributed by atoms with Crippen LogP contribution in [0.1, 0.15) is 52.9 Å². The molecule has 106 valence electrons. The highest BCUT2D eigenvalue weighted by Crippen LogP contribution is 2.29. The maximum absolute atomic E-state index is 11.2. The molecular formula is C12H29B4NO2. The van der Waals surface area contributed by atoms with E-state index in [0.717, 1.165) is 6.42 Å². The van der Waals surface area contributed by atoms with Crippen LogP contribution < -0.4 is 0 Å². The molecule has 0 aliphatic heterocycles. The fourth-order valence-electron chi connectivity index (χ4n) is 2.54. The maximum Gasteiger partial charge on any atom is 0.293 e. The molecule has 19 heavy (non-hydrogen) atoms. The van der Waals surface area contributed by atoms with Gasteiger partial charge in [-0.1, -0.05) is 26.2 Å². The lowest BCUT2D eigenvalue weighted by Gasteiger charge is -2.43. The topological polar surface area (TPSA) is 40.5 Å². The molecule has 0 aromatic carbocycles. The van der Waals surface area contributed by atoms with Gasteiger partial charge in [-0.15, -0.1) is 0 Å². The van der Waals surface area contributed by atoms with Crippen molar-refractivity contribution in [2.45, 2.75) is 69.6 Å². The number of rotatable bonds is 9. The highest BCUT2D eigenvalue weighted by Gasteiger charge is 2.33. The van der Waals surface area contributed by atoms with Crippen molar-refractivity contribution in [3.05, 3.63) is 0 Å². The number of carboxylic acids is 1. The lowest BCUT2D eigenvalue weighted by Crippen LogP contribution is -2.50. The first-order chi connectivity index (χ1) is 8.54. The molecule has 0 rings (SSSR count). The number of hydrogen-bond acceptors (Lipinski definition) is 2. The molecule has 0 radical (unpaired) electrons. The molecule has 0 saturated heterocycles. The molecule has 0 aromatic rings. The minimum absolute atomic E-state index is 0.128. The van der Waals surface area contributed by atoms with Crippen LogP contribution in [-0.2, 0) is 4.79 Å². The summed E-state index contributed by atoms with van der Waals surface area (Å²) in [4.78, 5) is 13.6. The molecule has 0 saturated carbocycles. The number of unbranched alkanes of at least 4 members (excludes halogenated alkanes) is 2. The zero-order valence-electron chi connectivity index (χ0n) is 13.9. The van der Waals surface area contributed by atoms with Gasteiger partial charge >= 0.3 is 0 Å². The molecule has 1 N–H and O–H groups in total. The van der Waals surface area contributed by atoms with Gasteiger partial charge in [0.15, 0.2) is 7.98 Å². The van der Waals surface area contributed by atoms with E-state index in [1.807, 2.05) is 15.7 Å². The largest absolute Gasteiger partial charge is 0.482 e. The Bertz CT molecular complexity index is 297. The summed E-state index contributed by atoms with van der Waals surface area (Å²) in [5, 5.41) is 8.57. The van der Waals surface area contributed by atoms with Crippen molar-refractivity contribution in [1.82, 2.24) is 4.81 Å². The standard InChI is InChI=1S/C12H29B4NO2/c1-4-5-6-7-11(2,3)17(16)9(13)8-12(14,15)10(18)19/h9H,4-8,13-16H2,1-3H3,(H,18,19). The normalized spacial score (nSPS) is 14.5. The number of aliphatic carboxylic acids is 1. The predicted molar refractivity (Wildman–Crippen MR) is 93.0 cm³/mol. The Kier molecular flexibility index (Phi) is 7.34. The molecule has 0 fully saturated rings. The second-order valence-corrected chi connectivity index (χ2v) is 7.12. The Hall–Kier alpha value is -0.310. The van der Waals surface area contributed by atoms with E-state index >= 15 is 0 Å². The van der Waals surface area contributed by atoms with Crippen LogP contribution in [0.2, 0.25) is 5.21 Å². The lowest BCUT2D eigenvalue weighted by atomic mass is 9.50. The van der Waals surface area contributed by atoms with Crippen molar-refractivity contribution >= 4 is 37.5 Å². The third kappa shape index (κ3) is 6.11. The van der Waals surface area contributed by atoms with E-state index in [2.05, 4.69) is 41.4 Å². The van der Waals surface area contributed by atoms with E-state index in [1.165, 1.54) is 19.3 Å². The maximum atomic E-state index is 11.2. The zero-order chi connectivity index (χ0) is 15.3. The molecule has 3 nitrogen and oxygen atoms in total. The molecule has 0 aliphatic rings. The fourth-order valence-corrected chi connectivity index (χ4v) is 2.54. The van der Waals surface area contributed by atoms with Gasteiger partial charge in [-0.2, -0.15) is 0 Å². The smallest absolute Gasteiger partial charge is 0.293 e. The van der Waals surface area contributed by atoms with Gasteiger partial charge in [-0.25, -0.2) is 0 Å². The monoisotopic (exact) mass is 263 g/mol. The van der Waals surface area contributed by atoms with Crippen molar-refractivity contribution < 1.29 is 9.90 Å². The van der Waals surface area contributed by atoms with E-state index < -0.39 is 11.2 Å². The summed E-state index contributed by atoms with van der Waals surface area (Å²) in [7, 11) is 7.87. The molecule has 1 unspecified atom stereocenters. The highest BCUT2D eigenvalue weighted by atomic mass is 16.4. The van der Waals surface area contributed by atoms with Gasteiger partial charge in [0, 0.05) is 10.8 Å². The van der Waals surface area contributed by atoms with E-state index in [1.54, 1.807) is 0 Å². The summed E-state index contributed by atoms with van der Waals surface area (Å²) < 4.78 is 0. The summed E-state index contributed by atoms with van der Waals surface area (Å²) in [5.74, 6) is -0.445. The molecule has 0 bridgehead atoms. The molecule has 0 spiro atoms. The molecule has 0 heterocycles. The molecule has 0 aliphatic carbocycles. The third-order valence-electron chi connectivity index (χ3n) is 4.39. The van der Waals surface area contributed by atoms with E-state index in [0.29, 0.717) is 6.42 Å². The first-order valence-electron chi connectivity index (χ1n) is 7.51. The Balaban J connectivity index is 4.53. The molecule has 7 heteroatoms. The van der Waals surface area contributed by atoms with Crippen LogP contribution in [0.5, 0.6) is 0 Å². The average Bonchev–Trinajstić information content (AvgIpc) is 2.27. The first-order valence-corrected chi connectivity index (χ1v) is 7.51. The van der Waals surface area contributed by atoms with Gasteiger partial charge in [0.1, 0.15) is 23.5 Å². The summed E-state index contributed by atoms with van der Waals surface area (Å²) in [5.41, 5.74) is 0.128. The summed E-state index contributed by atoms with van der Waals surface area (Å²) in [6.07, 6.45) is 5.59. The van der Waals surface area contributed by atoms with Crippen molar-refractivity contribution in [3.8, 4) is 0 Å². The van der Waals surface area contributed by atoms with Crippen molar-refractivity contribution in [2.24, 2.45) is 0 Å². The van der Waals surface area contributed by atoms with Crippen LogP contribution in [0.3, 0.4) is 0 Å². The van der Waals surface area contributed by atoms with Crippen LogP contribution in [0, 0.1) is 0 Å². The minimum atomic E-state index is -0.712. The number of nitrogens with zero attached hydrogens (tertiary/aromatic N) is 1. The lowest BCUT2D eigenvalue weighted by molar-refractivity contribution is -0.138. The molecule has 0 amide bonds. The molecule has 1 atom stereocenters. The average molecular weight is 263 g/mol. The zero-order valence-corrected chi connectivity index (χ0v) is 13.9. The van der Waals surface area contributed by atoms with Gasteiger partial charge in [0.25, 0.3) is 5.97 Å². The Morgan fingerprint density at radius 1 is 1.32 bits per heavy atom. The van der Waals surface area contributed by atoms with Gasteiger partial charge in [0.2, 0.25) is 0 Å². The van der Waals surface area contributed by atoms with Crippen molar-refractivity contribution in [2.75, 3.05) is 0 Å². The Labute approximate surface area is 122 Å². The van der Waals surface area contributed by atoms with Crippen molar-refractivity contribution in [3.63, 3.8) is 0 Å². The summed E-state index contributed by atoms with van der Waals surface area (Å²) in [6, 6.07) is 0. The summed E-state index contributed by atoms with van der Waals surface area (Å²) in [6.45, 7) is 6.73. The number of hydrogen-bond donors (Lipinski definition) is 1. The van der Waals surface area contributed by atoms with Gasteiger partial charge in [-0.05, 0) is 32.6 Å². The second kappa shape index (κ2) is 7.47.